The lowest BCUT2D eigenvalue weighted by Crippen LogP contribution is -2.14. The molecule has 0 aromatic heterocycles. The molecule has 4 nitrogen and oxygen atoms in total. The molecule has 2 rings (SSSR count). The number of carbonyl (C=O) groups excluding carboxylic acids is 1. The van der Waals surface area contributed by atoms with Crippen LogP contribution in [0.3, 0.4) is 0 Å². The molecule has 16 heavy (non-hydrogen) atoms. The maximum Gasteiger partial charge on any atom is 0.337 e. The highest BCUT2D eigenvalue weighted by Gasteiger charge is 2.32. The Bertz CT molecular complexity index is 444. The second-order valence-corrected chi connectivity index (χ2v) is 4.52. The zero-order valence-corrected chi connectivity index (χ0v) is 10.4. The average molecular weight is 287 g/mol. The summed E-state index contributed by atoms with van der Waals surface area (Å²) in [6.45, 7) is 1.84. The Kier molecular flexibility index (Phi) is 2.90. The van der Waals surface area contributed by atoms with Crippen molar-refractivity contribution in [1.29, 1.82) is 0 Å². The molecule has 86 valence electrons. The molecule has 2 unspecified atom stereocenters. The minimum atomic E-state index is -0.862. The van der Waals surface area contributed by atoms with Gasteiger partial charge in [0.25, 0.3) is 0 Å². The molecule has 1 aliphatic rings. The number of aliphatic hydroxyl groups is 1. The van der Waals surface area contributed by atoms with E-state index in [0.717, 1.165) is 5.56 Å². The highest BCUT2D eigenvalue weighted by atomic mass is 79.9. The van der Waals surface area contributed by atoms with E-state index in [-0.39, 0.29) is 5.92 Å². The molecular weight excluding hydrogens is 276 g/mol. The van der Waals surface area contributed by atoms with Crippen LogP contribution in [0.1, 0.15) is 28.8 Å². The first kappa shape index (κ1) is 11.4. The molecule has 1 N–H and O–H groups in total. The number of ether oxygens (including phenoxy) is 2. The first-order valence-electron chi connectivity index (χ1n) is 4.81. The van der Waals surface area contributed by atoms with Crippen molar-refractivity contribution in [2.45, 2.75) is 19.1 Å². The van der Waals surface area contributed by atoms with Crippen LogP contribution in [0.2, 0.25) is 0 Å². The van der Waals surface area contributed by atoms with Crippen molar-refractivity contribution in [2.24, 2.45) is 0 Å². The summed E-state index contributed by atoms with van der Waals surface area (Å²) in [5.41, 5.74) is 1.25. The zero-order chi connectivity index (χ0) is 11.9. The van der Waals surface area contributed by atoms with Crippen molar-refractivity contribution in [1.82, 2.24) is 0 Å². The van der Waals surface area contributed by atoms with E-state index in [9.17, 15) is 9.90 Å². The molecule has 1 aliphatic heterocycles. The monoisotopic (exact) mass is 286 g/mol. The summed E-state index contributed by atoms with van der Waals surface area (Å²) < 4.78 is 10.6. The van der Waals surface area contributed by atoms with Gasteiger partial charge in [-0.1, -0.05) is 6.92 Å². The van der Waals surface area contributed by atoms with Gasteiger partial charge in [0.1, 0.15) is 5.75 Å². The van der Waals surface area contributed by atoms with Gasteiger partial charge in [-0.15, -0.1) is 0 Å². The number of esters is 1. The number of carbonyl (C=O) groups is 1. The summed E-state index contributed by atoms with van der Waals surface area (Å²) >= 11 is 3.31. The van der Waals surface area contributed by atoms with Crippen LogP contribution in [0.4, 0.5) is 0 Å². The molecule has 0 saturated heterocycles. The van der Waals surface area contributed by atoms with Crippen LogP contribution in [0.5, 0.6) is 5.75 Å². The Hall–Kier alpha value is -1.07. The molecule has 0 saturated carbocycles. The average Bonchev–Trinajstić information content (AvgIpc) is 2.56. The first-order valence-corrected chi connectivity index (χ1v) is 5.60. The smallest absolute Gasteiger partial charge is 0.337 e. The van der Waals surface area contributed by atoms with Gasteiger partial charge in [-0.2, -0.15) is 0 Å². The maximum absolute atomic E-state index is 11.4. The molecule has 1 aromatic rings. The van der Waals surface area contributed by atoms with Gasteiger partial charge in [-0.25, -0.2) is 4.79 Å². The molecule has 5 heteroatoms. The van der Waals surface area contributed by atoms with Gasteiger partial charge in [0.05, 0.1) is 17.1 Å². The predicted octanol–water partition coefficient (Wildman–Crippen LogP) is 2.05. The largest absolute Gasteiger partial charge is 0.465 e. The van der Waals surface area contributed by atoms with Crippen molar-refractivity contribution in [2.75, 3.05) is 7.11 Å². The Balaban J connectivity index is 2.50. The van der Waals surface area contributed by atoms with E-state index < -0.39 is 12.3 Å². The molecule has 0 bridgehead atoms. The van der Waals surface area contributed by atoms with Crippen LogP contribution >= 0.6 is 15.9 Å². The number of hydrogen-bond donors (Lipinski definition) is 1. The summed E-state index contributed by atoms with van der Waals surface area (Å²) in [5.74, 6) is 0.0284. The topological polar surface area (TPSA) is 55.8 Å². The van der Waals surface area contributed by atoms with Crippen molar-refractivity contribution in [3.63, 3.8) is 0 Å². The summed E-state index contributed by atoms with van der Waals surface area (Å²) in [6, 6.07) is 3.31. The van der Waals surface area contributed by atoms with E-state index in [2.05, 4.69) is 20.7 Å². The second kappa shape index (κ2) is 4.07. The Morgan fingerprint density at radius 3 is 2.88 bits per heavy atom. The lowest BCUT2D eigenvalue weighted by molar-refractivity contribution is -0.0145. The third-order valence-corrected chi connectivity index (χ3v) is 3.24. The summed E-state index contributed by atoms with van der Waals surface area (Å²) in [5, 5.41) is 9.57. The predicted molar refractivity (Wildman–Crippen MR) is 60.5 cm³/mol. The van der Waals surface area contributed by atoms with E-state index in [1.807, 2.05) is 6.92 Å². The number of methoxy groups -OCH3 is 1. The van der Waals surface area contributed by atoms with Crippen molar-refractivity contribution in [3.8, 4) is 5.75 Å². The van der Waals surface area contributed by atoms with Crippen LogP contribution in [0.15, 0.2) is 16.6 Å². The van der Waals surface area contributed by atoms with Gasteiger partial charge >= 0.3 is 5.97 Å². The van der Waals surface area contributed by atoms with Crippen LogP contribution in [-0.4, -0.2) is 24.5 Å². The van der Waals surface area contributed by atoms with Crippen molar-refractivity contribution in [3.05, 3.63) is 27.7 Å². The molecule has 0 spiro atoms. The first-order chi connectivity index (χ1) is 7.54. The van der Waals surface area contributed by atoms with Gasteiger partial charge in [0.15, 0.2) is 0 Å². The molecule has 0 fully saturated rings. The Morgan fingerprint density at radius 2 is 2.25 bits per heavy atom. The lowest BCUT2D eigenvalue weighted by Gasteiger charge is -2.06. The van der Waals surface area contributed by atoms with Gasteiger partial charge < -0.3 is 14.6 Å². The molecule has 1 heterocycles. The number of fused-ring (bicyclic) bond motifs is 1. The summed E-state index contributed by atoms with van der Waals surface area (Å²) in [4.78, 5) is 11.4. The zero-order valence-electron chi connectivity index (χ0n) is 8.86. The second-order valence-electron chi connectivity index (χ2n) is 3.67. The van der Waals surface area contributed by atoms with Crippen LogP contribution in [0, 0.1) is 0 Å². The third-order valence-electron chi connectivity index (χ3n) is 2.65. The van der Waals surface area contributed by atoms with Crippen LogP contribution < -0.4 is 4.74 Å². The maximum atomic E-state index is 11.4. The summed E-state index contributed by atoms with van der Waals surface area (Å²) in [7, 11) is 1.33. The minimum absolute atomic E-state index is 0.157. The van der Waals surface area contributed by atoms with Crippen LogP contribution in [-0.2, 0) is 4.74 Å². The minimum Gasteiger partial charge on any atom is -0.465 e. The molecule has 0 amide bonds. The molecule has 2 atom stereocenters. The van der Waals surface area contributed by atoms with Gasteiger partial charge in [-0.05, 0) is 28.1 Å². The van der Waals surface area contributed by atoms with Gasteiger partial charge in [-0.3, -0.25) is 0 Å². The molecule has 0 radical (unpaired) electrons. The SMILES string of the molecule is COC(=O)c1cc(Br)c2c(c1)C(C)C(O)O2. The fraction of sp³-hybridized carbons (Fsp3) is 0.364. The highest BCUT2D eigenvalue weighted by Crippen LogP contribution is 2.42. The van der Waals surface area contributed by atoms with E-state index in [1.54, 1.807) is 12.1 Å². The number of hydrogen-bond acceptors (Lipinski definition) is 4. The van der Waals surface area contributed by atoms with Crippen molar-refractivity contribution < 1.29 is 19.4 Å². The normalized spacial score (nSPS) is 22.5. The van der Waals surface area contributed by atoms with E-state index in [4.69, 9.17) is 4.74 Å². The number of rotatable bonds is 1. The van der Waals surface area contributed by atoms with E-state index >= 15 is 0 Å². The van der Waals surface area contributed by atoms with Gasteiger partial charge in [0.2, 0.25) is 6.29 Å². The van der Waals surface area contributed by atoms with Crippen LogP contribution in [0.25, 0.3) is 0 Å². The third kappa shape index (κ3) is 1.70. The number of benzene rings is 1. The quantitative estimate of drug-likeness (QED) is 0.803. The lowest BCUT2D eigenvalue weighted by atomic mass is 10.00. The standard InChI is InChI=1S/C11H11BrO4/c1-5-7-3-6(11(14)15-2)4-8(12)9(7)16-10(5)13/h3-5,10,13H,1-2H3. The Morgan fingerprint density at radius 1 is 1.56 bits per heavy atom. The number of aliphatic hydroxyl groups excluding tert-OH is 1. The van der Waals surface area contributed by atoms with Gasteiger partial charge in [0, 0.05) is 11.5 Å². The fourth-order valence-electron chi connectivity index (χ4n) is 1.69. The number of halogens is 1. The van der Waals surface area contributed by atoms with E-state index in [0.29, 0.717) is 15.8 Å². The Labute approximate surface area is 101 Å². The summed E-state index contributed by atoms with van der Waals surface area (Å²) in [6.07, 6.45) is -0.862. The fourth-order valence-corrected chi connectivity index (χ4v) is 2.26. The van der Waals surface area contributed by atoms with Crippen molar-refractivity contribution >= 4 is 21.9 Å². The van der Waals surface area contributed by atoms with E-state index in [1.165, 1.54) is 7.11 Å². The molecule has 1 aromatic carbocycles. The molecule has 0 aliphatic carbocycles. The highest BCUT2D eigenvalue weighted by molar-refractivity contribution is 9.10. The molecular formula is C11H11BrO4.